The fourth-order valence-electron chi connectivity index (χ4n) is 9.55. The van der Waals surface area contributed by atoms with Crippen molar-refractivity contribution in [3.8, 4) is 0 Å². The molecule has 0 aromatic carbocycles. The van der Waals surface area contributed by atoms with Crippen LogP contribution in [-0.2, 0) is 28.6 Å². The van der Waals surface area contributed by atoms with E-state index in [1.54, 1.807) is 0 Å². The molecule has 0 bridgehead atoms. The summed E-state index contributed by atoms with van der Waals surface area (Å²) in [6.45, 7) is 11.5. The maximum atomic E-state index is 12.9. The minimum Gasteiger partial charge on any atom is -0.462 e. The molecule has 0 N–H and O–H groups in total. The van der Waals surface area contributed by atoms with Crippen LogP contribution in [0.1, 0.15) is 349 Å². The second kappa shape index (κ2) is 54.7. The van der Waals surface area contributed by atoms with Crippen LogP contribution in [0.4, 0.5) is 0 Å². The Hall–Kier alpha value is -1.59. The summed E-state index contributed by atoms with van der Waals surface area (Å²) in [7, 11) is 0. The van der Waals surface area contributed by atoms with Crippen molar-refractivity contribution in [3.63, 3.8) is 0 Å². The zero-order chi connectivity index (χ0) is 49.6. The standard InChI is InChI=1S/C62H120O6/c1-6-8-9-10-11-12-25-32-37-42-47-52-60(63)66-55-59(68-62(65)54-49-44-39-34-29-24-20-19-21-26-30-35-40-45-50-57(3)4)56-67-61(64)53-48-43-38-33-28-23-18-16-14-13-15-17-22-27-31-36-41-46-51-58(5)7-2/h57-59H,6-56H2,1-5H3/t58?,59-/m1/s1. The quantitative estimate of drug-likeness (QED) is 0.0343. The summed E-state index contributed by atoms with van der Waals surface area (Å²) in [6, 6.07) is 0. The Morgan fingerprint density at radius 1 is 0.309 bits per heavy atom. The van der Waals surface area contributed by atoms with Gasteiger partial charge in [-0.2, -0.15) is 0 Å². The second-order valence-electron chi connectivity index (χ2n) is 22.1. The minimum absolute atomic E-state index is 0.0622. The van der Waals surface area contributed by atoms with E-state index in [0.717, 1.165) is 69.6 Å². The molecule has 0 aromatic rings. The molecule has 1 unspecified atom stereocenters. The fraction of sp³-hybridized carbons (Fsp3) is 0.952. The van der Waals surface area contributed by atoms with E-state index in [2.05, 4.69) is 34.6 Å². The molecular formula is C62H120O6. The lowest BCUT2D eigenvalue weighted by molar-refractivity contribution is -0.167. The Bertz CT molecular complexity index is 1040. The van der Waals surface area contributed by atoms with Gasteiger partial charge in [0.2, 0.25) is 0 Å². The van der Waals surface area contributed by atoms with E-state index in [1.807, 2.05) is 0 Å². The monoisotopic (exact) mass is 961 g/mol. The summed E-state index contributed by atoms with van der Waals surface area (Å²) in [5.74, 6) is 0.918. The molecule has 0 rings (SSSR count). The lowest BCUT2D eigenvalue weighted by Gasteiger charge is -2.18. The summed E-state index contributed by atoms with van der Waals surface area (Å²) >= 11 is 0. The van der Waals surface area contributed by atoms with E-state index >= 15 is 0 Å². The van der Waals surface area contributed by atoms with Crippen LogP contribution in [0.2, 0.25) is 0 Å². The third-order valence-electron chi connectivity index (χ3n) is 14.6. The summed E-state index contributed by atoms with van der Waals surface area (Å²) < 4.78 is 16.9. The Morgan fingerprint density at radius 3 is 0.838 bits per heavy atom. The van der Waals surface area contributed by atoms with E-state index in [-0.39, 0.29) is 31.1 Å². The lowest BCUT2D eigenvalue weighted by Crippen LogP contribution is -2.30. The number of esters is 3. The molecule has 68 heavy (non-hydrogen) atoms. The van der Waals surface area contributed by atoms with E-state index in [4.69, 9.17) is 14.2 Å². The topological polar surface area (TPSA) is 78.9 Å². The van der Waals surface area contributed by atoms with Gasteiger partial charge in [0.25, 0.3) is 0 Å². The molecule has 0 aromatic heterocycles. The molecule has 2 atom stereocenters. The van der Waals surface area contributed by atoms with Gasteiger partial charge in [-0.3, -0.25) is 14.4 Å². The Labute approximate surface area is 425 Å². The van der Waals surface area contributed by atoms with Crippen LogP contribution in [-0.4, -0.2) is 37.2 Å². The molecule has 0 amide bonds. The first kappa shape index (κ1) is 66.4. The molecule has 6 heteroatoms. The van der Waals surface area contributed by atoms with Gasteiger partial charge >= 0.3 is 17.9 Å². The number of carbonyl (C=O) groups excluding carboxylic acids is 3. The first-order valence-electron chi connectivity index (χ1n) is 30.8. The number of rotatable bonds is 56. The Morgan fingerprint density at radius 2 is 0.559 bits per heavy atom. The van der Waals surface area contributed by atoms with Crippen LogP contribution in [0.3, 0.4) is 0 Å². The largest absolute Gasteiger partial charge is 0.462 e. The average Bonchev–Trinajstić information content (AvgIpc) is 3.32. The van der Waals surface area contributed by atoms with Crippen molar-refractivity contribution in [1.82, 2.24) is 0 Å². The smallest absolute Gasteiger partial charge is 0.306 e. The molecular weight excluding hydrogens is 841 g/mol. The molecule has 6 nitrogen and oxygen atoms in total. The lowest BCUT2D eigenvalue weighted by atomic mass is 9.99. The predicted octanol–water partition coefficient (Wildman–Crippen LogP) is 20.4. The minimum atomic E-state index is -0.762. The zero-order valence-corrected chi connectivity index (χ0v) is 46.7. The van der Waals surface area contributed by atoms with Gasteiger partial charge in [0.15, 0.2) is 6.10 Å². The number of hydrogen-bond donors (Lipinski definition) is 0. The van der Waals surface area contributed by atoms with Crippen LogP contribution in [0, 0.1) is 11.8 Å². The molecule has 0 saturated heterocycles. The molecule has 0 saturated carbocycles. The van der Waals surface area contributed by atoms with E-state index in [1.165, 1.54) is 238 Å². The van der Waals surface area contributed by atoms with Gasteiger partial charge in [0.05, 0.1) is 0 Å². The van der Waals surface area contributed by atoms with Crippen LogP contribution in [0.25, 0.3) is 0 Å². The van der Waals surface area contributed by atoms with Crippen LogP contribution in [0.5, 0.6) is 0 Å². The Balaban J connectivity index is 4.21. The van der Waals surface area contributed by atoms with Crippen molar-refractivity contribution in [2.75, 3.05) is 13.2 Å². The molecule has 0 heterocycles. The maximum Gasteiger partial charge on any atom is 0.306 e. The fourth-order valence-corrected chi connectivity index (χ4v) is 9.55. The highest BCUT2D eigenvalue weighted by molar-refractivity contribution is 5.71. The summed E-state index contributed by atoms with van der Waals surface area (Å²) in [5, 5.41) is 0. The SMILES string of the molecule is CCCCCCCCCCCCCC(=O)OC[C@H](COC(=O)CCCCCCCCCCCCCCCCCCCCC(C)CC)OC(=O)CCCCCCCCCCCCCCCCC(C)C. The molecule has 0 fully saturated rings. The van der Waals surface area contributed by atoms with Crippen molar-refractivity contribution in [3.05, 3.63) is 0 Å². The maximum absolute atomic E-state index is 12.9. The van der Waals surface area contributed by atoms with Gasteiger partial charge in [-0.15, -0.1) is 0 Å². The van der Waals surface area contributed by atoms with E-state index in [0.29, 0.717) is 19.3 Å². The predicted molar refractivity (Wildman–Crippen MR) is 293 cm³/mol. The molecule has 0 radical (unpaired) electrons. The van der Waals surface area contributed by atoms with Crippen LogP contribution < -0.4 is 0 Å². The molecule has 0 aliphatic rings. The highest BCUT2D eigenvalue weighted by Gasteiger charge is 2.19. The highest BCUT2D eigenvalue weighted by atomic mass is 16.6. The first-order valence-corrected chi connectivity index (χ1v) is 30.8. The van der Waals surface area contributed by atoms with E-state index in [9.17, 15) is 14.4 Å². The highest BCUT2D eigenvalue weighted by Crippen LogP contribution is 2.19. The van der Waals surface area contributed by atoms with Gasteiger partial charge in [-0.25, -0.2) is 0 Å². The van der Waals surface area contributed by atoms with Gasteiger partial charge in [-0.05, 0) is 31.1 Å². The van der Waals surface area contributed by atoms with E-state index < -0.39 is 6.10 Å². The third-order valence-corrected chi connectivity index (χ3v) is 14.6. The average molecular weight is 962 g/mol. The second-order valence-corrected chi connectivity index (χ2v) is 22.1. The number of ether oxygens (including phenoxy) is 3. The number of unbranched alkanes of at least 4 members (excludes halogenated alkanes) is 40. The van der Waals surface area contributed by atoms with Crippen molar-refractivity contribution in [2.45, 2.75) is 355 Å². The van der Waals surface area contributed by atoms with Crippen molar-refractivity contribution in [1.29, 1.82) is 0 Å². The van der Waals surface area contributed by atoms with Gasteiger partial charge in [0, 0.05) is 19.3 Å². The van der Waals surface area contributed by atoms with Crippen LogP contribution >= 0.6 is 0 Å². The molecule has 0 spiro atoms. The van der Waals surface area contributed by atoms with Crippen molar-refractivity contribution in [2.24, 2.45) is 11.8 Å². The van der Waals surface area contributed by atoms with Gasteiger partial charge < -0.3 is 14.2 Å². The summed E-state index contributed by atoms with van der Waals surface area (Å²) in [6.07, 6.45) is 59.5. The molecule has 404 valence electrons. The van der Waals surface area contributed by atoms with Gasteiger partial charge in [0.1, 0.15) is 13.2 Å². The van der Waals surface area contributed by atoms with Gasteiger partial charge in [-0.1, -0.05) is 311 Å². The number of carbonyl (C=O) groups is 3. The number of hydrogen-bond acceptors (Lipinski definition) is 6. The zero-order valence-electron chi connectivity index (χ0n) is 46.7. The van der Waals surface area contributed by atoms with Crippen LogP contribution in [0.15, 0.2) is 0 Å². The summed E-state index contributed by atoms with van der Waals surface area (Å²) in [4.78, 5) is 38.2. The normalized spacial score (nSPS) is 12.4. The summed E-state index contributed by atoms with van der Waals surface area (Å²) in [5.41, 5.74) is 0. The Kier molecular flexibility index (Phi) is 53.5. The third kappa shape index (κ3) is 53.8. The molecule has 0 aliphatic heterocycles. The first-order chi connectivity index (χ1) is 33.3. The van der Waals surface area contributed by atoms with Crippen molar-refractivity contribution >= 4 is 17.9 Å². The van der Waals surface area contributed by atoms with Crippen molar-refractivity contribution < 1.29 is 28.6 Å². The molecule has 0 aliphatic carbocycles.